The summed E-state index contributed by atoms with van der Waals surface area (Å²) in [4.78, 5) is 13.5. The highest BCUT2D eigenvalue weighted by Crippen LogP contribution is 2.26. The van der Waals surface area contributed by atoms with Gasteiger partial charge in [0.25, 0.3) is 5.91 Å². The van der Waals surface area contributed by atoms with E-state index >= 15 is 0 Å². The van der Waals surface area contributed by atoms with Crippen LogP contribution in [0.25, 0.3) is 0 Å². The third-order valence-electron chi connectivity index (χ3n) is 2.07. The highest BCUT2D eigenvalue weighted by molar-refractivity contribution is 9.10. The van der Waals surface area contributed by atoms with E-state index in [1.165, 1.54) is 0 Å². The molecule has 0 N–H and O–H groups in total. The summed E-state index contributed by atoms with van der Waals surface area (Å²) in [5, 5.41) is 0. The lowest BCUT2D eigenvalue weighted by Gasteiger charge is -2.22. The summed E-state index contributed by atoms with van der Waals surface area (Å²) in [6, 6.07) is 7.67. The summed E-state index contributed by atoms with van der Waals surface area (Å²) in [6.45, 7) is 7.97. The molecular weight excluding hydrogens is 254 g/mol. The molecule has 0 aromatic heterocycles. The lowest BCUT2D eigenvalue weighted by Crippen LogP contribution is -2.31. The number of carbonyl (C=O) groups excluding carboxylic acids is 1. The van der Waals surface area contributed by atoms with Crippen molar-refractivity contribution in [2.75, 3.05) is 11.4 Å². The minimum absolute atomic E-state index is 0.0376. The molecule has 0 radical (unpaired) electrons. The molecular formula is C12H14BrNO. The number of likely N-dealkylation sites (N-methyl/N-ethyl adjacent to an activating group) is 1. The van der Waals surface area contributed by atoms with Crippen molar-refractivity contribution in [3.8, 4) is 0 Å². The summed E-state index contributed by atoms with van der Waals surface area (Å²) in [7, 11) is 0. The third-order valence-corrected chi connectivity index (χ3v) is 2.74. The highest BCUT2D eigenvalue weighted by atomic mass is 79.9. The molecule has 0 saturated carbocycles. The SMILES string of the molecule is C=C(C)C(=O)N(CC)c1ccccc1Br. The van der Waals surface area contributed by atoms with Crippen LogP contribution in [0, 0.1) is 0 Å². The van der Waals surface area contributed by atoms with Crippen LogP contribution in [0.4, 0.5) is 5.69 Å². The van der Waals surface area contributed by atoms with Crippen molar-refractivity contribution in [3.05, 3.63) is 40.9 Å². The molecule has 0 heterocycles. The molecule has 0 unspecified atom stereocenters. The number of anilines is 1. The highest BCUT2D eigenvalue weighted by Gasteiger charge is 2.15. The van der Waals surface area contributed by atoms with E-state index in [0.29, 0.717) is 12.1 Å². The van der Waals surface area contributed by atoms with Gasteiger partial charge in [-0.2, -0.15) is 0 Å². The zero-order valence-electron chi connectivity index (χ0n) is 8.96. The Morgan fingerprint density at radius 2 is 2.07 bits per heavy atom. The van der Waals surface area contributed by atoms with E-state index in [1.807, 2.05) is 31.2 Å². The monoisotopic (exact) mass is 267 g/mol. The van der Waals surface area contributed by atoms with E-state index in [9.17, 15) is 4.79 Å². The van der Waals surface area contributed by atoms with Gasteiger partial charge >= 0.3 is 0 Å². The summed E-state index contributed by atoms with van der Waals surface area (Å²) in [5.41, 5.74) is 1.43. The minimum Gasteiger partial charge on any atom is -0.308 e. The Morgan fingerprint density at radius 3 is 2.53 bits per heavy atom. The maximum atomic E-state index is 11.8. The molecule has 0 aliphatic rings. The van der Waals surface area contributed by atoms with Gasteiger partial charge in [0.15, 0.2) is 0 Å². The van der Waals surface area contributed by atoms with Gasteiger partial charge in [-0.1, -0.05) is 18.7 Å². The van der Waals surface area contributed by atoms with Crippen LogP contribution >= 0.6 is 15.9 Å². The smallest absolute Gasteiger partial charge is 0.253 e. The Balaban J connectivity index is 3.08. The predicted octanol–water partition coefficient (Wildman–Crippen LogP) is 3.38. The number of hydrogen-bond acceptors (Lipinski definition) is 1. The number of amides is 1. The fourth-order valence-electron chi connectivity index (χ4n) is 1.32. The van der Waals surface area contributed by atoms with Crippen molar-refractivity contribution < 1.29 is 4.79 Å². The van der Waals surface area contributed by atoms with Gasteiger partial charge in [0.1, 0.15) is 0 Å². The Hall–Kier alpha value is -1.09. The Morgan fingerprint density at radius 1 is 1.47 bits per heavy atom. The van der Waals surface area contributed by atoms with Crippen LogP contribution in [0.5, 0.6) is 0 Å². The molecule has 0 aliphatic heterocycles. The first-order chi connectivity index (χ1) is 7.07. The van der Waals surface area contributed by atoms with Gasteiger partial charge in [-0.05, 0) is 41.9 Å². The maximum absolute atomic E-state index is 11.8. The molecule has 1 aromatic rings. The van der Waals surface area contributed by atoms with Crippen molar-refractivity contribution in [2.45, 2.75) is 13.8 Å². The second-order valence-corrected chi connectivity index (χ2v) is 4.14. The van der Waals surface area contributed by atoms with Crippen molar-refractivity contribution in [2.24, 2.45) is 0 Å². The van der Waals surface area contributed by atoms with Gasteiger partial charge in [-0.3, -0.25) is 4.79 Å². The predicted molar refractivity (Wildman–Crippen MR) is 67.0 cm³/mol. The number of carbonyl (C=O) groups is 1. The van der Waals surface area contributed by atoms with Crippen LogP contribution < -0.4 is 4.90 Å². The lowest BCUT2D eigenvalue weighted by molar-refractivity contribution is -0.115. The van der Waals surface area contributed by atoms with Crippen LogP contribution in [0.1, 0.15) is 13.8 Å². The number of rotatable bonds is 3. The molecule has 0 fully saturated rings. The topological polar surface area (TPSA) is 20.3 Å². The first-order valence-electron chi connectivity index (χ1n) is 4.79. The van der Waals surface area contributed by atoms with E-state index in [4.69, 9.17) is 0 Å². The van der Waals surface area contributed by atoms with Crippen LogP contribution in [0.3, 0.4) is 0 Å². The van der Waals surface area contributed by atoms with Crippen molar-refractivity contribution in [1.29, 1.82) is 0 Å². The number of hydrogen-bond donors (Lipinski definition) is 0. The van der Waals surface area contributed by atoms with Gasteiger partial charge in [0, 0.05) is 16.6 Å². The fraction of sp³-hybridized carbons (Fsp3) is 0.250. The largest absolute Gasteiger partial charge is 0.308 e. The second kappa shape index (κ2) is 5.12. The number of benzene rings is 1. The standard InChI is InChI=1S/C12H14BrNO/c1-4-14(12(15)9(2)3)11-8-6-5-7-10(11)13/h5-8H,2,4H2,1,3H3. The summed E-state index contributed by atoms with van der Waals surface area (Å²) >= 11 is 3.43. The fourth-order valence-corrected chi connectivity index (χ4v) is 1.82. The molecule has 80 valence electrons. The first kappa shape index (κ1) is 12.0. The average molecular weight is 268 g/mol. The summed E-state index contributed by atoms with van der Waals surface area (Å²) in [6.07, 6.45) is 0. The number of halogens is 1. The molecule has 0 saturated heterocycles. The third kappa shape index (κ3) is 2.69. The zero-order valence-corrected chi connectivity index (χ0v) is 10.5. The first-order valence-corrected chi connectivity index (χ1v) is 5.59. The molecule has 1 rings (SSSR count). The van der Waals surface area contributed by atoms with E-state index in [2.05, 4.69) is 22.5 Å². The van der Waals surface area contributed by atoms with Crippen molar-refractivity contribution >= 4 is 27.5 Å². The van der Waals surface area contributed by atoms with Crippen LogP contribution in [0.15, 0.2) is 40.9 Å². The van der Waals surface area contributed by atoms with Gasteiger partial charge in [0.2, 0.25) is 0 Å². The van der Waals surface area contributed by atoms with Gasteiger partial charge in [-0.15, -0.1) is 0 Å². The Bertz CT molecular complexity index is 387. The summed E-state index contributed by atoms with van der Waals surface area (Å²) < 4.78 is 0.918. The molecule has 0 atom stereocenters. The quantitative estimate of drug-likeness (QED) is 0.769. The average Bonchev–Trinajstić information content (AvgIpc) is 2.21. The van der Waals surface area contributed by atoms with E-state index in [1.54, 1.807) is 11.8 Å². The van der Waals surface area contributed by atoms with Gasteiger partial charge < -0.3 is 4.90 Å². The maximum Gasteiger partial charge on any atom is 0.253 e. The molecule has 1 aromatic carbocycles. The van der Waals surface area contributed by atoms with E-state index < -0.39 is 0 Å². The molecule has 3 heteroatoms. The number of para-hydroxylation sites is 1. The molecule has 1 amide bonds. The van der Waals surface area contributed by atoms with Gasteiger partial charge in [0.05, 0.1) is 5.69 Å². The molecule has 0 bridgehead atoms. The van der Waals surface area contributed by atoms with E-state index in [-0.39, 0.29) is 5.91 Å². The van der Waals surface area contributed by atoms with Crippen molar-refractivity contribution in [3.63, 3.8) is 0 Å². The summed E-state index contributed by atoms with van der Waals surface area (Å²) in [5.74, 6) is -0.0376. The molecule has 15 heavy (non-hydrogen) atoms. The van der Waals surface area contributed by atoms with Crippen LogP contribution in [0.2, 0.25) is 0 Å². The zero-order chi connectivity index (χ0) is 11.4. The molecule has 0 aliphatic carbocycles. The van der Waals surface area contributed by atoms with Crippen molar-refractivity contribution in [1.82, 2.24) is 0 Å². The molecule has 2 nitrogen and oxygen atoms in total. The van der Waals surface area contributed by atoms with Crippen LogP contribution in [-0.4, -0.2) is 12.5 Å². The molecule has 0 spiro atoms. The number of nitrogens with zero attached hydrogens (tertiary/aromatic N) is 1. The van der Waals surface area contributed by atoms with Crippen LogP contribution in [-0.2, 0) is 4.79 Å². The second-order valence-electron chi connectivity index (χ2n) is 3.28. The lowest BCUT2D eigenvalue weighted by atomic mass is 10.2. The van der Waals surface area contributed by atoms with Gasteiger partial charge in [-0.25, -0.2) is 0 Å². The Kier molecular flexibility index (Phi) is 4.09. The van der Waals surface area contributed by atoms with E-state index in [0.717, 1.165) is 10.2 Å². The normalized spacial score (nSPS) is 9.80. The Labute approximate surface area is 98.7 Å². The minimum atomic E-state index is -0.0376.